The van der Waals surface area contributed by atoms with Crippen molar-refractivity contribution >= 4 is 0 Å². The molecular formula is C30H29N2+. The molecule has 0 aliphatic heterocycles. The van der Waals surface area contributed by atoms with Crippen LogP contribution in [0.3, 0.4) is 0 Å². The topological polar surface area (TPSA) is 16.8 Å². The Morgan fingerprint density at radius 2 is 1.56 bits per heavy atom. The number of hydrogen-bond acceptors (Lipinski definition) is 1. The first-order chi connectivity index (χ1) is 15.6. The zero-order valence-electron chi connectivity index (χ0n) is 19.2. The quantitative estimate of drug-likeness (QED) is 0.332. The summed E-state index contributed by atoms with van der Waals surface area (Å²) in [6.45, 7) is 4.39. The van der Waals surface area contributed by atoms with Crippen LogP contribution in [0.2, 0.25) is 0 Å². The molecule has 158 valence electrons. The van der Waals surface area contributed by atoms with Crippen LogP contribution in [0.25, 0.3) is 33.5 Å². The largest absolute Gasteiger partial charge is 0.257 e. The molecule has 0 saturated heterocycles. The van der Waals surface area contributed by atoms with Gasteiger partial charge in [-0.15, -0.1) is 0 Å². The van der Waals surface area contributed by atoms with Crippen molar-refractivity contribution in [3.05, 3.63) is 95.4 Å². The highest BCUT2D eigenvalue weighted by Gasteiger charge is 2.46. The third-order valence-electron chi connectivity index (χ3n) is 7.63. The van der Waals surface area contributed by atoms with Crippen LogP contribution in [0.5, 0.6) is 0 Å². The Morgan fingerprint density at radius 3 is 2.31 bits per heavy atom. The smallest absolute Gasteiger partial charge is 0.212 e. The van der Waals surface area contributed by atoms with E-state index in [1.807, 2.05) is 0 Å². The van der Waals surface area contributed by atoms with E-state index < -0.39 is 0 Å². The number of nitrogens with zero attached hydrogens (tertiary/aromatic N) is 2. The summed E-state index contributed by atoms with van der Waals surface area (Å²) >= 11 is 0. The van der Waals surface area contributed by atoms with Gasteiger partial charge in [-0.3, -0.25) is 4.98 Å². The molecule has 0 atom stereocenters. The van der Waals surface area contributed by atoms with Gasteiger partial charge in [0, 0.05) is 33.9 Å². The van der Waals surface area contributed by atoms with E-state index in [2.05, 4.69) is 98.4 Å². The average molecular weight is 418 g/mol. The van der Waals surface area contributed by atoms with Crippen LogP contribution >= 0.6 is 0 Å². The third-order valence-corrected chi connectivity index (χ3v) is 7.63. The molecule has 0 radical (unpaired) electrons. The van der Waals surface area contributed by atoms with Gasteiger partial charge in [-0.1, -0.05) is 55.3 Å². The Kier molecular flexibility index (Phi) is 4.33. The fraction of sp³-hybridized carbons (Fsp3) is 0.267. The second-order valence-corrected chi connectivity index (χ2v) is 9.63. The molecule has 2 aliphatic carbocycles. The molecule has 2 aromatic heterocycles. The molecule has 1 saturated carbocycles. The Morgan fingerprint density at radius 1 is 0.781 bits per heavy atom. The summed E-state index contributed by atoms with van der Waals surface area (Å²) < 4.78 is 2.27. The maximum absolute atomic E-state index is 5.09. The van der Waals surface area contributed by atoms with E-state index in [1.165, 1.54) is 76.0 Å². The molecule has 2 aromatic carbocycles. The van der Waals surface area contributed by atoms with Crippen LogP contribution in [0.4, 0.5) is 0 Å². The Balaban J connectivity index is 1.51. The number of pyridine rings is 2. The highest BCUT2D eigenvalue weighted by Crippen LogP contribution is 2.57. The van der Waals surface area contributed by atoms with Crippen molar-refractivity contribution in [2.75, 3.05) is 0 Å². The van der Waals surface area contributed by atoms with Crippen LogP contribution in [0.15, 0.2) is 72.9 Å². The summed E-state index contributed by atoms with van der Waals surface area (Å²) in [6.07, 6.45) is 7.29. The number of aryl methyl sites for hydroxylation is 3. The molecule has 2 heterocycles. The molecule has 0 amide bonds. The molecule has 32 heavy (non-hydrogen) atoms. The van der Waals surface area contributed by atoms with Gasteiger partial charge in [0.25, 0.3) is 0 Å². The van der Waals surface area contributed by atoms with Crippen LogP contribution in [0.1, 0.15) is 48.2 Å². The average Bonchev–Trinajstić information content (AvgIpc) is 3.39. The Labute approximate surface area is 190 Å². The van der Waals surface area contributed by atoms with Gasteiger partial charge in [0.1, 0.15) is 7.05 Å². The Bertz CT molecular complexity index is 1350. The minimum Gasteiger partial charge on any atom is -0.257 e. The summed E-state index contributed by atoms with van der Waals surface area (Å²) in [5, 5.41) is 0. The molecule has 2 aliphatic rings. The van der Waals surface area contributed by atoms with Gasteiger partial charge in [0.2, 0.25) is 5.69 Å². The molecule has 0 N–H and O–H groups in total. The molecule has 2 nitrogen and oxygen atoms in total. The maximum Gasteiger partial charge on any atom is 0.212 e. The van der Waals surface area contributed by atoms with E-state index in [1.54, 1.807) is 0 Å². The highest BCUT2D eigenvalue weighted by atomic mass is 14.9. The molecule has 0 unspecified atom stereocenters. The van der Waals surface area contributed by atoms with E-state index in [0.29, 0.717) is 0 Å². The lowest BCUT2D eigenvalue weighted by Crippen LogP contribution is -2.31. The van der Waals surface area contributed by atoms with Gasteiger partial charge >= 0.3 is 0 Å². The van der Waals surface area contributed by atoms with Crippen molar-refractivity contribution in [2.24, 2.45) is 7.05 Å². The third kappa shape index (κ3) is 2.79. The summed E-state index contributed by atoms with van der Waals surface area (Å²) in [4.78, 5) is 5.09. The molecule has 1 fully saturated rings. The second kappa shape index (κ2) is 7.13. The lowest BCUT2D eigenvalue weighted by Gasteiger charge is -2.26. The van der Waals surface area contributed by atoms with E-state index in [4.69, 9.17) is 4.98 Å². The van der Waals surface area contributed by atoms with E-state index >= 15 is 0 Å². The second-order valence-electron chi connectivity index (χ2n) is 9.63. The van der Waals surface area contributed by atoms with Gasteiger partial charge in [0.15, 0.2) is 6.20 Å². The summed E-state index contributed by atoms with van der Waals surface area (Å²) in [6, 6.07) is 24.5. The number of aromatic nitrogens is 2. The van der Waals surface area contributed by atoms with Crippen LogP contribution in [-0.2, 0) is 12.5 Å². The van der Waals surface area contributed by atoms with Crippen LogP contribution in [0, 0.1) is 13.8 Å². The number of hydrogen-bond donors (Lipinski definition) is 0. The van der Waals surface area contributed by atoms with Gasteiger partial charge < -0.3 is 0 Å². The molecular weight excluding hydrogens is 388 g/mol. The lowest BCUT2D eigenvalue weighted by atomic mass is 9.78. The maximum atomic E-state index is 5.09. The first kappa shape index (κ1) is 19.4. The SMILES string of the molecule is Cc1ccc2c(n1)C1(CCCC1)c1cc(C)c(-c3ccc(-c4ccccc4)c[n+]3C)cc1-2. The first-order valence-corrected chi connectivity index (χ1v) is 11.8. The number of benzene rings is 2. The summed E-state index contributed by atoms with van der Waals surface area (Å²) in [5.41, 5.74) is 13.2. The van der Waals surface area contributed by atoms with Crippen molar-refractivity contribution in [2.45, 2.75) is 44.9 Å². The van der Waals surface area contributed by atoms with E-state index in [0.717, 1.165) is 5.69 Å². The molecule has 6 rings (SSSR count). The van der Waals surface area contributed by atoms with Crippen molar-refractivity contribution in [1.82, 2.24) is 4.98 Å². The number of rotatable bonds is 2. The number of fused-ring (bicyclic) bond motifs is 5. The van der Waals surface area contributed by atoms with Crippen molar-refractivity contribution in [3.63, 3.8) is 0 Å². The van der Waals surface area contributed by atoms with Crippen LogP contribution < -0.4 is 4.57 Å². The minimum atomic E-state index is 0.124. The zero-order valence-corrected chi connectivity index (χ0v) is 19.2. The fourth-order valence-corrected chi connectivity index (χ4v) is 6.04. The predicted molar refractivity (Wildman–Crippen MR) is 130 cm³/mol. The van der Waals surface area contributed by atoms with Crippen molar-refractivity contribution < 1.29 is 4.57 Å². The van der Waals surface area contributed by atoms with Crippen LogP contribution in [-0.4, -0.2) is 4.98 Å². The molecule has 0 bridgehead atoms. The standard InChI is InChI=1S/C30H29N2/c1-20-17-27-26(24-13-11-21(2)31-29(24)30(27)15-7-8-16-30)18-25(20)28-14-12-23(19-32(28)3)22-9-5-4-6-10-22/h4-6,9-14,17-19H,7-8,15-16H2,1-3H3/q+1. The fourth-order valence-electron chi connectivity index (χ4n) is 6.04. The Hall–Kier alpha value is -3.26. The molecule has 1 spiro atoms. The van der Waals surface area contributed by atoms with Gasteiger partial charge in [-0.2, -0.15) is 0 Å². The predicted octanol–water partition coefficient (Wildman–Crippen LogP) is 6.70. The summed E-state index contributed by atoms with van der Waals surface area (Å²) in [5.74, 6) is 0. The monoisotopic (exact) mass is 417 g/mol. The normalized spacial score (nSPS) is 15.7. The lowest BCUT2D eigenvalue weighted by molar-refractivity contribution is -0.659. The molecule has 2 heteroatoms. The van der Waals surface area contributed by atoms with Crippen molar-refractivity contribution in [3.8, 4) is 33.5 Å². The van der Waals surface area contributed by atoms with Gasteiger partial charge in [-0.05, 0) is 67.1 Å². The molecule has 4 aromatic rings. The minimum absolute atomic E-state index is 0.124. The van der Waals surface area contributed by atoms with E-state index in [-0.39, 0.29) is 5.41 Å². The first-order valence-electron chi connectivity index (χ1n) is 11.8. The van der Waals surface area contributed by atoms with Gasteiger partial charge in [-0.25, -0.2) is 4.57 Å². The highest BCUT2D eigenvalue weighted by molar-refractivity contribution is 5.84. The van der Waals surface area contributed by atoms with E-state index in [9.17, 15) is 0 Å². The zero-order chi connectivity index (χ0) is 21.9. The summed E-state index contributed by atoms with van der Waals surface area (Å²) in [7, 11) is 2.16. The van der Waals surface area contributed by atoms with Gasteiger partial charge in [0.05, 0.1) is 5.69 Å². The van der Waals surface area contributed by atoms with Crippen molar-refractivity contribution in [1.29, 1.82) is 0 Å².